The van der Waals surface area contributed by atoms with E-state index in [0.29, 0.717) is 12.5 Å². The number of non-ortho nitro benzene ring substituents is 2. The lowest BCUT2D eigenvalue weighted by molar-refractivity contribution is -0.385. The van der Waals surface area contributed by atoms with Crippen molar-refractivity contribution in [3.05, 3.63) is 78.9 Å². The summed E-state index contributed by atoms with van der Waals surface area (Å²) in [5.41, 5.74) is 3.86. The Kier molecular flexibility index (Phi) is 7.97. The summed E-state index contributed by atoms with van der Waals surface area (Å²) in [6, 6.07) is 9.45. The van der Waals surface area contributed by atoms with Gasteiger partial charge in [-0.25, -0.2) is 0 Å². The molecule has 0 aliphatic heterocycles. The van der Waals surface area contributed by atoms with Gasteiger partial charge < -0.3 is 4.74 Å². The van der Waals surface area contributed by atoms with Gasteiger partial charge in [-0.3, -0.25) is 20.2 Å². The van der Waals surface area contributed by atoms with Crippen LogP contribution in [0.15, 0.2) is 36.4 Å². The zero-order valence-corrected chi connectivity index (χ0v) is 14.9. The number of alkyl halides is 1. The number of ether oxygens (including phenoxy) is 1. The molecule has 8 heteroatoms. The average molecular weight is 367 g/mol. The molecule has 0 fully saturated rings. The van der Waals surface area contributed by atoms with E-state index in [-0.39, 0.29) is 11.4 Å². The molecule has 0 radical (unpaired) electrons. The Hall–Kier alpha value is -2.51. The molecule has 7 nitrogen and oxygen atoms in total. The molecule has 0 atom stereocenters. The predicted molar refractivity (Wildman–Crippen MR) is 95.9 cm³/mol. The first-order chi connectivity index (χ1) is 11.8. The van der Waals surface area contributed by atoms with Crippen molar-refractivity contribution in [2.24, 2.45) is 0 Å². The summed E-state index contributed by atoms with van der Waals surface area (Å²) in [6.07, 6.45) is 0. The topological polar surface area (TPSA) is 95.5 Å². The third kappa shape index (κ3) is 6.13. The minimum atomic E-state index is -0.421. The van der Waals surface area contributed by atoms with E-state index in [4.69, 9.17) is 16.3 Å². The molecule has 134 valence electrons. The van der Waals surface area contributed by atoms with Gasteiger partial charge in [0.15, 0.2) is 0 Å². The first-order valence-electron chi connectivity index (χ1n) is 7.32. The first-order valence-corrected chi connectivity index (χ1v) is 7.86. The summed E-state index contributed by atoms with van der Waals surface area (Å²) >= 11 is 5.59. The minimum Gasteiger partial charge on any atom is -0.380 e. The van der Waals surface area contributed by atoms with Crippen molar-refractivity contribution in [2.45, 2.75) is 26.3 Å². The van der Waals surface area contributed by atoms with Crippen molar-refractivity contribution in [2.75, 3.05) is 7.11 Å². The summed E-state index contributed by atoms with van der Waals surface area (Å²) < 4.78 is 4.92. The summed E-state index contributed by atoms with van der Waals surface area (Å²) in [6.45, 7) is 4.19. The Morgan fingerprint density at radius 3 is 1.76 bits per heavy atom. The molecule has 0 spiro atoms. The van der Waals surface area contributed by atoms with Gasteiger partial charge in [-0.1, -0.05) is 12.1 Å². The normalized spacial score (nSPS) is 9.92. The van der Waals surface area contributed by atoms with Gasteiger partial charge in [0.05, 0.1) is 16.5 Å². The van der Waals surface area contributed by atoms with Crippen molar-refractivity contribution in [1.29, 1.82) is 0 Å². The number of methoxy groups -OCH3 is 1. The second kappa shape index (κ2) is 9.71. The molecule has 2 rings (SSSR count). The summed E-state index contributed by atoms with van der Waals surface area (Å²) in [5, 5.41) is 20.8. The molecule has 25 heavy (non-hydrogen) atoms. The molecule has 0 saturated heterocycles. The van der Waals surface area contributed by atoms with Crippen LogP contribution in [-0.2, 0) is 17.2 Å². The smallest absolute Gasteiger partial charge is 0.269 e. The van der Waals surface area contributed by atoms with Gasteiger partial charge in [-0.15, -0.1) is 11.6 Å². The van der Waals surface area contributed by atoms with Crippen LogP contribution in [0.3, 0.4) is 0 Å². The van der Waals surface area contributed by atoms with Gasteiger partial charge in [0.1, 0.15) is 0 Å². The highest BCUT2D eigenvalue weighted by atomic mass is 35.5. The molecule has 0 saturated carbocycles. The summed E-state index contributed by atoms with van der Waals surface area (Å²) in [7, 11) is 1.57. The van der Waals surface area contributed by atoms with E-state index in [1.165, 1.54) is 18.2 Å². The van der Waals surface area contributed by atoms with Crippen molar-refractivity contribution in [3.63, 3.8) is 0 Å². The lowest BCUT2D eigenvalue weighted by Crippen LogP contribution is -1.94. The summed E-state index contributed by atoms with van der Waals surface area (Å²) in [4.78, 5) is 20.0. The fourth-order valence-corrected chi connectivity index (χ4v) is 2.29. The zero-order chi connectivity index (χ0) is 19.0. The second-order valence-electron chi connectivity index (χ2n) is 5.30. The Labute approximate surface area is 150 Å². The average Bonchev–Trinajstić information content (AvgIpc) is 2.57. The number of nitro groups is 2. The van der Waals surface area contributed by atoms with E-state index in [2.05, 4.69) is 0 Å². The highest BCUT2D eigenvalue weighted by molar-refractivity contribution is 6.17. The number of nitrogens with zero attached hydrogens (tertiary/aromatic N) is 2. The molecule has 0 unspecified atom stereocenters. The third-order valence-corrected chi connectivity index (χ3v) is 3.82. The first kappa shape index (κ1) is 20.5. The summed E-state index contributed by atoms with van der Waals surface area (Å²) in [5.74, 6) is 0.313. The highest BCUT2D eigenvalue weighted by Crippen LogP contribution is 2.19. The highest BCUT2D eigenvalue weighted by Gasteiger charge is 2.08. The van der Waals surface area contributed by atoms with Gasteiger partial charge in [0, 0.05) is 37.3 Å². The second-order valence-corrected chi connectivity index (χ2v) is 5.57. The van der Waals surface area contributed by atoms with Gasteiger partial charge in [0.25, 0.3) is 11.4 Å². The molecule has 0 aliphatic carbocycles. The minimum absolute atomic E-state index is 0.0938. The van der Waals surface area contributed by atoms with Crippen LogP contribution in [0.5, 0.6) is 0 Å². The van der Waals surface area contributed by atoms with Gasteiger partial charge >= 0.3 is 0 Å². The number of hydrogen-bond donors (Lipinski definition) is 0. The van der Waals surface area contributed by atoms with Gasteiger partial charge in [-0.2, -0.15) is 0 Å². The quantitative estimate of drug-likeness (QED) is 0.434. The maximum atomic E-state index is 10.4. The number of rotatable bonds is 5. The van der Waals surface area contributed by atoms with Crippen LogP contribution >= 0.6 is 11.6 Å². The predicted octanol–water partition coefficient (Wildman–Crippen LogP) is 4.69. The van der Waals surface area contributed by atoms with E-state index in [9.17, 15) is 20.2 Å². The van der Waals surface area contributed by atoms with Crippen LogP contribution in [0, 0.1) is 34.1 Å². The molecule has 0 bridgehead atoms. The van der Waals surface area contributed by atoms with Gasteiger partial charge in [0.2, 0.25) is 0 Å². The maximum absolute atomic E-state index is 10.4. The molecular formula is C17H19ClN2O5. The van der Waals surface area contributed by atoms with E-state index in [1.54, 1.807) is 25.3 Å². The third-order valence-electron chi connectivity index (χ3n) is 3.53. The number of halogens is 1. The SMILES string of the molecule is COCc1cc([N+](=O)[O-])ccc1C.Cc1ccc([N+](=O)[O-])cc1CCl. The molecule has 0 N–H and O–H groups in total. The van der Waals surface area contributed by atoms with E-state index >= 15 is 0 Å². The van der Waals surface area contributed by atoms with Crippen LogP contribution in [0.1, 0.15) is 22.3 Å². The molecule has 2 aromatic rings. The standard InChI is InChI=1S/C9H11NO3.C8H8ClNO2/c1-7-3-4-9(10(11)12)5-8(7)6-13-2;1-6-2-3-8(10(11)12)4-7(6)5-9/h3-5H,6H2,1-2H3;2-4H,5H2,1H3. The molecule has 0 aliphatic rings. The molecule has 2 aromatic carbocycles. The fourth-order valence-electron chi connectivity index (χ4n) is 2.00. The monoisotopic (exact) mass is 366 g/mol. The van der Waals surface area contributed by atoms with Crippen molar-refractivity contribution < 1.29 is 14.6 Å². The number of nitro benzene ring substituents is 2. The Bertz CT molecular complexity index is 765. The van der Waals surface area contributed by atoms with Crippen LogP contribution in [0.4, 0.5) is 11.4 Å². The van der Waals surface area contributed by atoms with Crippen LogP contribution in [-0.4, -0.2) is 17.0 Å². The Morgan fingerprint density at radius 1 is 0.920 bits per heavy atom. The largest absolute Gasteiger partial charge is 0.380 e. The lowest BCUT2D eigenvalue weighted by Gasteiger charge is -2.03. The van der Waals surface area contributed by atoms with Crippen LogP contribution < -0.4 is 0 Å². The van der Waals surface area contributed by atoms with E-state index < -0.39 is 9.85 Å². The number of benzene rings is 2. The van der Waals surface area contributed by atoms with E-state index in [0.717, 1.165) is 22.3 Å². The molecule has 0 heterocycles. The lowest BCUT2D eigenvalue weighted by atomic mass is 10.1. The van der Waals surface area contributed by atoms with Crippen LogP contribution in [0.25, 0.3) is 0 Å². The van der Waals surface area contributed by atoms with Gasteiger partial charge in [-0.05, 0) is 36.1 Å². The fraction of sp³-hybridized carbons (Fsp3) is 0.294. The Morgan fingerprint density at radius 2 is 1.36 bits per heavy atom. The maximum Gasteiger partial charge on any atom is 0.269 e. The number of aryl methyl sites for hydroxylation is 2. The van der Waals surface area contributed by atoms with E-state index in [1.807, 2.05) is 13.8 Å². The van der Waals surface area contributed by atoms with Crippen molar-refractivity contribution in [3.8, 4) is 0 Å². The number of hydrogen-bond acceptors (Lipinski definition) is 5. The Balaban J connectivity index is 0.000000251. The van der Waals surface area contributed by atoms with Crippen molar-refractivity contribution in [1.82, 2.24) is 0 Å². The molecule has 0 aromatic heterocycles. The van der Waals surface area contributed by atoms with Crippen molar-refractivity contribution >= 4 is 23.0 Å². The zero-order valence-electron chi connectivity index (χ0n) is 14.2. The van der Waals surface area contributed by atoms with Crippen LogP contribution in [0.2, 0.25) is 0 Å². The molecular weight excluding hydrogens is 348 g/mol. The molecule has 0 amide bonds.